The lowest BCUT2D eigenvalue weighted by molar-refractivity contribution is -0.256. The molecule has 0 unspecified atom stereocenters. The quantitative estimate of drug-likeness (QED) is 0.110. The highest BCUT2D eigenvalue weighted by atomic mass is 16.6. The number of ether oxygens (including phenoxy) is 2. The van der Waals surface area contributed by atoms with Gasteiger partial charge in [0.05, 0.1) is 5.41 Å². The van der Waals surface area contributed by atoms with E-state index in [4.69, 9.17) is 9.47 Å². The Morgan fingerprint density at radius 3 is 2.12 bits per heavy atom. The van der Waals surface area contributed by atoms with Gasteiger partial charge in [-0.05, 0) is 149 Å². The lowest BCUT2D eigenvalue weighted by atomic mass is 9.32. The van der Waals surface area contributed by atoms with Crippen molar-refractivity contribution < 1.29 is 23.9 Å². The molecule has 7 heteroatoms. The molecule has 1 amide bonds. The summed E-state index contributed by atoms with van der Waals surface area (Å²) in [7, 11) is 0. The van der Waals surface area contributed by atoms with Gasteiger partial charge < -0.3 is 19.7 Å². The fraction of sp³-hybridized carbons (Fsp3) is 0.886. The molecule has 0 spiro atoms. The van der Waals surface area contributed by atoms with Crippen LogP contribution in [0.15, 0.2) is 12.2 Å². The van der Waals surface area contributed by atoms with Gasteiger partial charge in [0.15, 0.2) is 0 Å². The van der Waals surface area contributed by atoms with Gasteiger partial charge in [-0.3, -0.25) is 14.4 Å². The molecular formula is C44H74N2O5. The second-order valence-corrected chi connectivity index (χ2v) is 19.0. The molecule has 51 heavy (non-hydrogen) atoms. The van der Waals surface area contributed by atoms with Crippen LogP contribution in [0.5, 0.6) is 0 Å². The predicted molar refractivity (Wildman–Crippen MR) is 205 cm³/mol. The normalized spacial score (nSPS) is 41.5. The SMILES string of the molecule is C=C(C)[C@@H]1CC[C@]2(C(=O)NCCCCCCN(CC)CC)CC[C@]3(C)[C@H](CC[C@@H]4[C@@]5(C)CC[C@H](OC(C)=O)[C@@](C)(COC(C)=O)[C@@H]5CC[C@]43C)[C@@H]12. The minimum Gasteiger partial charge on any atom is -0.465 e. The molecule has 7 nitrogen and oxygen atoms in total. The van der Waals surface area contributed by atoms with Crippen LogP contribution in [0.25, 0.3) is 0 Å². The highest BCUT2D eigenvalue weighted by molar-refractivity contribution is 5.84. The van der Waals surface area contributed by atoms with Crippen LogP contribution in [0, 0.1) is 56.7 Å². The lowest BCUT2D eigenvalue weighted by Gasteiger charge is -2.73. The van der Waals surface area contributed by atoms with Crippen molar-refractivity contribution in [3.8, 4) is 0 Å². The summed E-state index contributed by atoms with van der Waals surface area (Å²) in [5.74, 6) is 1.85. The summed E-state index contributed by atoms with van der Waals surface area (Å²) in [6, 6.07) is 0. The Morgan fingerprint density at radius 2 is 1.47 bits per heavy atom. The number of nitrogens with zero attached hydrogens (tertiary/aromatic N) is 1. The number of hydrogen-bond acceptors (Lipinski definition) is 6. The van der Waals surface area contributed by atoms with Crippen molar-refractivity contribution in [1.29, 1.82) is 0 Å². The van der Waals surface area contributed by atoms with Crippen molar-refractivity contribution in [3.63, 3.8) is 0 Å². The van der Waals surface area contributed by atoms with Gasteiger partial charge in [0.2, 0.25) is 5.91 Å². The van der Waals surface area contributed by atoms with Crippen molar-refractivity contribution in [2.45, 2.75) is 158 Å². The largest absolute Gasteiger partial charge is 0.465 e. The third kappa shape index (κ3) is 6.97. The van der Waals surface area contributed by atoms with Crippen LogP contribution in [-0.2, 0) is 23.9 Å². The Labute approximate surface area is 311 Å². The van der Waals surface area contributed by atoms with E-state index in [2.05, 4.69) is 65.3 Å². The van der Waals surface area contributed by atoms with E-state index in [0.29, 0.717) is 42.1 Å². The lowest BCUT2D eigenvalue weighted by Crippen LogP contribution is -2.68. The molecule has 0 aromatic heterocycles. The molecule has 5 saturated carbocycles. The average molecular weight is 711 g/mol. The zero-order valence-corrected chi connectivity index (χ0v) is 34.1. The number of fused-ring (bicyclic) bond motifs is 7. The fourth-order valence-corrected chi connectivity index (χ4v) is 13.9. The maximum atomic E-state index is 14.5. The molecule has 290 valence electrons. The molecule has 5 aliphatic carbocycles. The van der Waals surface area contributed by atoms with E-state index in [1.54, 1.807) is 0 Å². The van der Waals surface area contributed by atoms with Gasteiger partial charge in [-0.25, -0.2) is 0 Å². The van der Waals surface area contributed by atoms with E-state index < -0.39 is 5.41 Å². The van der Waals surface area contributed by atoms with Crippen molar-refractivity contribution in [1.82, 2.24) is 10.2 Å². The number of nitrogens with one attached hydrogen (secondary N) is 1. The number of carbonyl (C=O) groups is 3. The van der Waals surface area contributed by atoms with Crippen LogP contribution in [0.1, 0.15) is 152 Å². The van der Waals surface area contributed by atoms with Crippen molar-refractivity contribution in [2.24, 2.45) is 56.7 Å². The Balaban J connectivity index is 1.35. The van der Waals surface area contributed by atoms with Crippen LogP contribution in [0.3, 0.4) is 0 Å². The zero-order chi connectivity index (χ0) is 37.4. The first-order valence-corrected chi connectivity index (χ1v) is 21.0. The van der Waals surface area contributed by atoms with Gasteiger partial charge in [-0.2, -0.15) is 0 Å². The summed E-state index contributed by atoms with van der Waals surface area (Å²) >= 11 is 0. The summed E-state index contributed by atoms with van der Waals surface area (Å²) in [4.78, 5) is 41.4. The number of hydrogen-bond donors (Lipinski definition) is 1. The molecule has 0 aliphatic heterocycles. The highest BCUT2D eigenvalue weighted by Gasteiger charge is 2.72. The third-order valence-corrected chi connectivity index (χ3v) is 16.7. The first-order chi connectivity index (χ1) is 24.0. The van der Waals surface area contributed by atoms with Crippen LogP contribution >= 0.6 is 0 Å². The number of esters is 2. The van der Waals surface area contributed by atoms with Crippen LogP contribution in [0.2, 0.25) is 0 Å². The number of carbonyl (C=O) groups excluding carboxylic acids is 3. The highest BCUT2D eigenvalue weighted by Crippen LogP contribution is 2.77. The van der Waals surface area contributed by atoms with E-state index in [9.17, 15) is 14.4 Å². The molecule has 5 fully saturated rings. The maximum Gasteiger partial charge on any atom is 0.302 e. The summed E-state index contributed by atoms with van der Waals surface area (Å²) in [6.07, 6.45) is 14.9. The van der Waals surface area contributed by atoms with Crippen molar-refractivity contribution in [2.75, 3.05) is 32.8 Å². The summed E-state index contributed by atoms with van der Waals surface area (Å²) in [5, 5.41) is 3.51. The van der Waals surface area contributed by atoms with Crippen LogP contribution < -0.4 is 5.32 Å². The van der Waals surface area contributed by atoms with E-state index in [1.807, 2.05) is 0 Å². The Kier molecular flexibility index (Phi) is 12.2. The zero-order valence-electron chi connectivity index (χ0n) is 34.1. The molecule has 0 aromatic rings. The first-order valence-electron chi connectivity index (χ1n) is 21.0. The Hall–Kier alpha value is -1.89. The molecule has 0 heterocycles. The van der Waals surface area contributed by atoms with Crippen molar-refractivity contribution >= 4 is 17.8 Å². The number of unbranched alkanes of at least 4 members (excludes halogenated alkanes) is 3. The van der Waals surface area contributed by atoms with E-state index >= 15 is 0 Å². The van der Waals surface area contributed by atoms with Gasteiger partial charge in [-0.15, -0.1) is 0 Å². The second-order valence-electron chi connectivity index (χ2n) is 19.0. The maximum absolute atomic E-state index is 14.5. The van der Waals surface area contributed by atoms with Gasteiger partial charge >= 0.3 is 11.9 Å². The minimum absolute atomic E-state index is 0.0488. The number of rotatable bonds is 14. The van der Waals surface area contributed by atoms with Crippen LogP contribution in [0.4, 0.5) is 0 Å². The summed E-state index contributed by atoms with van der Waals surface area (Å²) in [5.41, 5.74) is 0.859. The fourth-order valence-electron chi connectivity index (χ4n) is 13.9. The van der Waals surface area contributed by atoms with Gasteiger partial charge in [0.1, 0.15) is 12.7 Å². The van der Waals surface area contributed by atoms with Gasteiger partial charge in [0.25, 0.3) is 0 Å². The van der Waals surface area contributed by atoms with Crippen molar-refractivity contribution in [3.05, 3.63) is 12.2 Å². The van der Waals surface area contributed by atoms with E-state index in [-0.39, 0.29) is 39.7 Å². The summed E-state index contributed by atoms with van der Waals surface area (Å²) < 4.78 is 11.8. The van der Waals surface area contributed by atoms with Gasteiger partial charge in [-0.1, -0.05) is 66.5 Å². The van der Waals surface area contributed by atoms with Crippen LogP contribution in [-0.4, -0.2) is 61.6 Å². The molecule has 0 bridgehead atoms. The molecule has 0 saturated heterocycles. The van der Waals surface area contributed by atoms with E-state index in [1.165, 1.54) is 45.2 Å². The molecule has 11 atom stereocenters. The average Bonchev–Trinajstić information content (AvgIpc) is 3.48. The molecular weight excluding hydrogens is 636 g/mol. The van der Waals surface area contributed by atoms with E-state index in [0.717, 1.165) is 90.3 Å². The second kappa shape index (κ2) is 15.5. The standard InChI is InChI=1S/C44H74N2O5/c1-11-46(12-2)28-16-14-13-15-27-45-39(49)44-24-19-33(30(3)4)38(44)34-17-18-36-40(7)22-21-37(51-32(6)48)41(8,29-50-31(5)47)35(40)20-23-43(36,10)42(34,9)25-26-44/h33-38H,3,11-29H2,1-2,4-10H3,(H,45,49)/t33-,34+,35+,36+,37-,38+,40-,41-,42+,43+,44-/m0/s1. The monoisotopic (exact) mass is 711 g/mol. The summed E-state index contributed by atoms with van der Waals surface area (Å²) in [6.45, 7) is 28.7. The number of amides is 1. The first kappa shape index (κ1) is 40.3. The topological polar surface area (TPSA) is 84.9 Å². The number of allylic oxidation sites excluding steroid dienone is 1. The predicted octanol–water partition coefficient (Wildman–Crippen LogP) is 9.14. The molecule has 1 N–H and O–H groups in total. The third-order valence-electron chi connectivity index (χ3n) is 16.7. The Bertz CT molecular complexity index is 1300. The Morgan fingerprint density at radius 1 is 0.765 bits per heavy atom. The molecule has 5 aliphatic rings. The molecule has 5 rings (SSSR count). The minimum atomic E-state index is -0.426. The molecule has 0 radical (unpaired) electrons. The van der Waals surface area contributed by atoms with Gasteiger partial charge in [0, 0.05) is 25.8 Å². The molecule has 0 aromatic carbocycles. The smallest absolute Gasteiger partial charge is 0.302 e.